The number of likely N-dealkylation sites (tertiary alicyclic amines) is 1. The maximum absolute atomic E-state index is 13.4. The van der Waals surface area contributed by atoms with Gasteiger partial charge in [0, 0.05) is 37.3 Å². The number of carbonyl (C=O) groups excluding carboxylic acids is 2. The molecule has 7 heteroatoms. The first kappa shape index (κ1) is 20.2. The summed E-state index contributed by atoms with van der Waals surface area (Å²) in [4.78, 5) is 40.9. The van der Waals surface area contributed by atoms with Crippen molar-refractivity contribution in [2.75, 3.05) is 24.5 Å². The highest BCUT2D eigenvalue weighted by molar-refractivity contribution is 6.07. The second-order valence-corrected chi connectivity index (χ2v) is 8.43. The second kappa shape index (κ2) is 8.07. The summed E-state index contributed by atoms with van der Waals surface area (Å²) in [5.74, 6) is -0.427. The van der Waals surface area contributed by atoms with Crippen LogP contribution in [0.15, 0.2) is 60.7 Å². The molecule has 2 aliphatic heterocycles. The molecule has 5 rings (SSSR count). The van der Waals surface area contributed by atoms with Crippen molar-refractivity contribution in [1.82, 2.24) is 4.90 Å². The summed E-state index contributed by atoms with van der Waals surface area (Å²) in [6, 6.07) is 18.2. The zero-order chi connectivity index (χ0) is 22.2. The van der Waals surface area contributed by atoms with E-state index in [4.69, 9.17) is 0 Å². The van der Waals surface area contributed by atoms with Crippen molar-refractivity contribution in [2.24, 2.45) is 5.92 Å². The average Bonchev–Trinajstić information content (AvgIpc) is 3.26. The Morgan fingerprint density at radius 1 is 1.00 bits per heavy atom. The first-order chi connectivity index (χ1) is 15.5. The van der Waals surface area contributed by atoms with E-state index in [1.807, 2.05) is 42.5 Å². The zero-order valence-corrected chi connectivity index (χ0v) is 17.6. The Labute approximate surface area is 185 Å². The van der Waals surface area contributed by atoms with E-state index in [1.165, 1.54) is 12.1 Å². The van der Waals surface area contributed by atoms with Crippen LogP contribution < -0.4 is 4.90 Å². The maximum atomic E-state index is 13.4. The molecule has 0 saturated carbocycles. The van der Waals surface area contributed by atoms with Crippen LogP contribution in [0.2, 0.25) is 0 Å². The highest BCUT2D eigenvalue weighted by Gasteiger charge is 2.35. The van der Waals surface area contributed by atoms with E-state index in [1.54, 1.807) is 15.9 Å². The van der Waals surface area contributed by atoms with Crippen molar-refractivity contribution < 1.29 is 14.5 Å². The number of hydrogen-bond acceptors (Lipinski definition) is 4. The summed E-state index contributed by atoms with van der Waals surface area (Å²) in [6.07, 6.45) is 2.14. The van der Waals surface area contributed by atoms with Crippen molar-refractivity contribution in [2.45, 2.75) is 19.3 Å². The van der Waals surface area contributed by atoms with E-state index in [-0.39, 0.29) is 23.4 Å². The average molecular weight is 429 g/mol. The fourth-order valence-electron chi connectivity index (χ4n) is 4.88. The van der Waals surface area contributed by atoms with E-state index < -0.39 is 4.92 Å². The maximum Gasteiger partial charge on any atom is 0.271 e. The highest BCUT2D eigenvalue weighted by Crippen LogP contribution is 2.34. The smallest absolute Gasteiger partial charge is 0.271 e. The van der Waals surface area contributed by atoms with E-state index in [0.29, 0.717) is 43.7 Å². The van der Waals surface area contributed by atoms with Crippen LogP contribution in [0.4, 0.5) is 11.4 Å². The van der Waals surface area contributed by atoms with Crippen LogP contribution in [0.3, 0.4) is 0 Å². The monoisotopic (exact) mass is 429 g/mol. The lowest BCUT2D eigenvalue weighted by Crippen LogP contribution is -2.46. The molecule has 7 nitrogen and oxygen atoms in total. The van der Waals surface area contributed by atoms with Crippen LogP contribution in [-0.2, 0) is 11.2 Å². The summed E-state index contributed by atoms with van der Waals surface area (Å²) >= 11 is 0. The van der Waals surface area contributed by atoms with Crippen molar-refractivity contribution in [3.8, 4) is 0 Å². The van der Waals surface area contributed by atoms with Gasteiger partial charge < -0.3 is 9.80 Å². The summed E-state index contributed by atoms with van der Waals surface area (Å²) in [5.41, 5.74) is 2.21. The molecule has 0 bridgehead atoms. The predicted octanol–water partition coefficient (Wildman–Crippen LogP) is 4.19. The number of rotatable bonds is 3. The number of nitro groups is 1. The minimum absolute atomic E-state index is 0.0140. The Morgan fingerprint density at radius 3 is 2.66 bits per heavy atom. The largest absolute Gasteiger partial charge is 0.338 e. The van der Waals surface area contributed by atoms with E-state index in [2.05, 4.69) is 0 Å². The summed E-state index contributed by atoms with van der Waals surface area (Å²) < 4.78 is 0. The number of non-ortho nitro benzene ring substituents is 1. The lowest BCUT2D eigenvalue weighted by molar-refractivity contribution is -0.384. The lowest BCUT2D eigenvalue weighted by Gasteiger charge is -2.34. The van der Waals surface area contributed by atoms with Crippen molar-refractivity contribution in [1.29, 1.82) is 0 Å². The number of fused-ring (bicyclic) bond motifs is 2. The van der Waals surface area contributed by atoms with Crippen LogP contribution in [0, 0.1) is 16.0 Å². The van der Waals surface area contributed by atoms with Crippen LogP contribution in [-0.4, -0.2) is 41.3 Å². The number of nitrogens with zero attached hydrogens (tertiary/aromatic N) is 3. The Bertz CT molecular complexity index is 1230. The van der Waals surface area contributed by atoms with Gasteiger partial charge in [0.1, 0.15) is 0 Å². The van der Waals surface area contributed by atoms with E-state index in [9.17, 15) is 19.7 Å². The first-order valence-electron chi connectivity index (χ1n) is 10.9. The van der Waals surface area contributed by atoms with Crippen LogP contribution in [0.25, 0.3) is 10.8 Å². The molecule has 1 atom stereocenters. The van der Waals surface area contributed by atoms with Crippen LogP contribution in [0.1, 0.15) is 28.8 Å². The number of anilines is 1. The third-order valence-electron chi connectivity index (χ3n) is 6.52. The fourth-order valence-corrected chi connectivity index (χ4v) is 4.88. The van der Waals surface area contributed by atoms with Gasteiger partial charge in [-0.2, -0.15) is 0 Å². The Hall–Kier alpha value is -3.74. The molecule has 3 aromatic carbocycles. The first-order valence-corrected chi connectivity index (χ1v) is 10.9. The van der Waals surface area contributed by atoms with E-state index in [0.717, 1.165) is 22.8 Å². The van der Waals surface area contributed by atoms with Gasteiger partial charge in [-0.3, -0.25) is 19.7 Å². The standard InChI is InChI=1S/C25H23N3O4/c29-24(27-14-12-18-10-11-20(28(31)32)15-23(18)27)19-7-4-13-26(16-19)25(30)22-9-3-6-17-5-1-2-8-21(17)22/h1-3,5-6,8-11,15,19H,4,7,12-14,16H2. The van der Waals surface area contributed by atoms with Crippen LogP contribution in [0.5, 0.6) is 0 Å². The topological polar surface area (TPSA) is 83.8 Å². The molecule has 0 N–H and O–H groups in total. The molecule has 0 radical (unpaired) electrons. The molecule has 1 unspecified atom stereocenters. The second-order valence-electron chi connectivity index (χ2n) is 8.43. The zero-order valence-electron chi connectivity index (χ0n) is 17.6. The minimum atomic E-state index is -0.438. The van der Waals surface area contributed by atoms with Crippen LogP contribution >= 0.6 is 0 Å². The quantitative estimate of drug-likeness (QED) is 0.462. The Morgan fingerprint density at radius 2 is 1.81 bits per heavy atom. The molecule has 162 valence electrons. The molecule has 0 spiro atoms. The van der Waals surface area contributed by atoms with Gasteiger partial charge in [0.25, 0.3) is 11.6 Å². The minimum Gasteiger partial charge on any atom is -0.338 e. The Kier molecular flexibility index (Phi) is 5.09. The van der Waals surface area contributed by atoms with Gasteiger partial charge in [0.15, 0.2) is 0 Å². The molecule has 1 saturated heterocycles. The highest BCUT2D eigenvalue weighted by atomic mass is 16.6. The van der Waals surface area contributed by atoms with Crippen molar-refractivity contribution in [3.05, 3.63) is 81.9 Å². The number of hydrogen-bond donors (Lipinski definition) is 0. The van der Waals surface area contributed by atoms with Gasteiger partial charge in [-0.25, -0.2) is 0 Å². The van der Waals surface area contributed by atoms with Gasteiger partial charge in [-0.15, -0.1) is 0 Å². The van der Waals surface area contributed by atoms with Gasteiger partial charge in [0.05, 0.1) is 16.5 Å². The summed E-state index contributed by atoms with van der Waals surface area (Å²) in [7, 11) is 0. The normalized spacial score (nSPS) is 17.9. The van der Waals surface area contributed by atoms with Crippen molar-refractivity contribution in [3.63, 3.8) is 0 Å². The molecule has 32 heavy (non-hydrogen) atoms. The number of nitro benzene ring substituents is 1. The third-order valence-corrected chi connectivity index (χ3v) is 6.52. The third kappa shape index (κ3) is 3.49. The summed E-state index contributed by atoms with van der Waals surface area (Å²) in [6.45, 7) is 1.50. The molecule has 2 heterocycles. The number of carbonyl (C=O) groups is 2. The molecule has 0 aromatic heterocycles. The summed E-state index contributed by atoms with van der Waals surface area (Å²) in [5, 5.41) is 13.1. The number of benzene rings is 3. The van der Waals surface area contributed by atoms with Gasteiger partial charge in [-0.05, 0) is 41.7 Å². The predicted molar refractivity (Wildman–Crippen MR) is 122 cm³/mol. The van der Waals surface area contributed by atoms with Crippen molar-refractivity contribution >= 4 is 34.0 Å². The number of piperidine rings is 1. The van der Waals surface area contributed by atoms with Gasteiger partial charge >= 0.3 is 0 Å². The molecular weight excluding hydrogens is 406 g/mol. The molecule has 0 aliphatic carbocycles. The van der Waals surface area contributed by atoms with E-state index >= 15 is 0 Å². The molecule has 2 aliphatic rings. The van der Waals surface area contributed by atoms with Gasteiger partial charge in [-0.1, -0.05) is 42.5 Å². The molecule has 1 fully saturated rings. The molecular formula is C25H23N3O4. The fraction of sp³-hybridized carbons (Fsp3) is 0.280. The van der Waals surface area contributed by atoms with Gasteiger partial charge in [0.2, 0.25) is 5.91 Å². The number of amides is 2. The lowest BCUT2D eigenvalue weighted by atomic mass is 9.95. The SMILES string of the molecule is O=C(c1cccc2ccccc12)N1CCCC(C(=O)N2CCc3ccc([N+](=O)[O-])cc32)C1. The molecule has 3 aromatic rings. The Balaban J connectivity index is 1.37. The molecule has 2 amide bonds.